The molecule has 2 aliphatic rings. The van der Waals surface area contributed by atoms with Gasteiger partial charge in [0.05, 0.1) is 6.10 Å². The van der Waals surface area contributed by atoms with Crippen molar-refractivity contribution in [2.45, 2.75) is 101 Å². The van der Waals surface area contributed by atoms with Crippen LogP contribution in [0.2, 0.25) is 0 Å². The van der Waals surface area contributed by atoms with Gasteiger partial charge in [-0.15, -0.1) is 11.8 Å². The average molecular weight is 346 g/mol. The van der Waals surface area contributed by atoms with Crippen molar-refractivity contribution in [3.05, 3.63) is 0 Å². The third-order valence-electron chi connectivity index (χ3n) is 4.89. The van der Waals surface area contributed by atoms with E-state index in [1.807, 2.05) is 0 Å². The zero-order valence-corrected chi connectivity index (χ0v) is 15.6. The first-order chi connectivity index (χ1) is 10.6. The van der Waals surface area contributed by atoms with Crippen molar-refractivity contribution in [3.63, 3.8) is 0 Å². The van der Waals surface area contributed by atoms with E-state index in [2.05, 4.69) is 32.8 Å². The fraction of sp³-hybridized carbons (Fsp3) is 0.941. The summed E-state index contributed by atoms with van der Waals surface area (Å²) in [6, 6.07) is 0. The Bertz CT molecular complexity index is 403. The van der Waals surface area contributed by atoms with Crippen molar-refractivity contribution in [2.24, 2.45) is 0 Å². The molecule has 5 nitrogen and oxygen atoms in total. The lowest BCUT2D eigenvalue weighted by Gasteiger charge is -2.55. The lowest BCUT2D eigenvalue weighted by Crippen LogP contribution is -2.62. The van der Waals surface area contributed by atoms with E-state index in [9.17, 15) is 9.90 Å². The van der Waals surface area contributed by atoms with Gasteiger partial charge in [-0.2, -0.15) is 5.06 Å². The molecule has 2 rings (SSSR count). The molecule has 1 atom stereocenters. The molecule has 2 fully saturated rings. The van der Waals surface area contributed by atoms with Gasteiger partial charge in [-0.1, -0.05) is 19.3 Å². The van der Waals surface area contributed by atoms with Gasteiger partial charge in [0.15, 0.2) is 5.44 Å². The van der Waals surface area contributed by atoms with Gasteiger partial charge >= 0.3 is 5.97 Å². The summed E-state index contributed by atoms with van der Waals surface area (Å²) < 4.78 is 0. The minimum Gasteiger partial charge on any atom is -0.479 e. The Balaban J connectivity index is 2.05. The quantitative estimate of drug-likeness (QED) is 0.744. The molecule has 23 heavy (non-hydrogen) atoms. The number of carboxylic acids is 1. The van der Waals surface area contributed by atoms with Crippen molar-refractivity contribution in [2.75, 3.05) is 0 Å². The van der Waals surface area contributed by atoms with Crippen molar-refractivity contribution >= 4 is 17.7 Å². The molecule has 134 valence electrons. The predicted octanol–water partition coefficient (Wildman–Crippen LogP) is 3.41. The highest BCUT2D eigenvalue weighted by Crippen LogP contribution is 2.44. The third-order valence-corrected chi connectivity index (χ3v) is 6.07. The Hall–Kier alpha value is -0.300. The van der Waals surface area contributed by atoms with Crippen molar-refractivity contribution < 1.29 is 19.8 Å². The number of carboxylic acid groups (broad SMARTS) is 1. The maximum atomic E-state index is 10.9. The van der Waals surface area contributed by atoms with Crippen LogP contribution in [0.25, 0.3) is 0 Å². The fourth-order valence-corrected chi connectivity index (χ4v) is 5.60. The molecule has 1 heterocycles. The van der Waals surface area contributed by atoms with E-state index in [0.29, 0.717) is 6.10 Å². The average Bonchev–Trinajstić information content (AvgIpc) is 2.43. The molecular formula is C17H31NO4S. The van der Waals surface area contributed by atoms with Crippen LogP contribution < -0.4 is 0 Å². The molecule has 0 bridgehead atoms. The van der Waals surface area contributed by atoms with Crippen LogP contribution in [0.4, 0.5) is 0 Å². The van der Waals surface area contributed by atoms with Gasteiger partial charge in [0.25, 0.3) is 0 Å². The van der Waals surface area contributed by atoms with Gasteiger partial charge in [-0.3, -0.25) is 4.84 Å². The molecule has 0 spiro atoms. The highest BCUT2D eigenvalue weighted by Gasteiger charge is 2.48. The van der Waals surface area contributed by atoms with Crippen LogP contribution in [-0.2, 0) is 9.63 Å². The molecule has 1 saturated heterocycles. The lowest BCUT2D eigenvalue weighted by atomic mass is 9.81. The smallest absolute Gasteiger partial charge is 0.343 e. The summed E-state index contributed by atoms with van der Waals surface area (Å²) in [5, 5.41) is 20.9. The van der Waals surface area contributed by atoms with Crippen molar-refractivity contribution in [1.82, 2.24) is 5.06 Å². The number of hydrogen-bond acceptors (Lipinski definition) is 5. The molecule has 1 aliphatic carbocycles. The number of aliphatic hydroxyl groups is 1. The zero-order valence-electron chi connectivity index (χ0n) is 14.7. The summed E-state index contributed by atoms with van der Waals surface area (Å²) in [6.07, 6.45) is 7.94. The summed E-state index contributed by atoms with van der Waals surface area (Å²) in [5.74, 6) is -1.16. The molecule has 0 aromatic carbocycles. The van der Waals surface area contributed by atoms with Crippen LogP contribution in [0, 0.1) is 0 Å². The SMILES string of the molecule is CC1(C)CC(SC(O)C(=O)O)CC(C)(C)N1OC1CCCCC1. The lowest BCUT2D eigenvalue weighted by molar-refractivity contribution is -0.307. The second-order valence-electron chi connectivity index (χ2n) is 8.14. The van der Waals surface area contributed by atoms with Crippen LogP contribution >= 0.6 is 11.8 Å². The van der Waals surface area contributed by atoms with E-state index >= 15 is 0 Å². The largest absolute Gasteiger partial charge is 0.479 e. The topological polar surface area (TPSA) is 70.0 Å². The zero-order chi connectivity index (χ0) is 17.3. The molecule has 0 radical (unpaired) electrons. The molecule has 1 unspecified atom stereocenters. The molecule has 2 N–H and O–H groups in total. The van der Waals surface area contributed by atoms with E-state index in [0.717, 1.165) is 37.4 Å². The minimum atomic E-state index is -1.35. The summed E-state index contributed by atoms with van der Waals surface area (Å²) in [5.41, 5.74) is -1.72. The van der Waals surface area contributed by atoms with E-state index in [4.69, 9.17) is 9.94 Å². The van der Waals surface area contributed by atoms with Crippen LogP contribution in [0.1, 0.15) is 72.6 Å². The Kier molecular flexibility index (Phi) is 6.04. The third kappa shape index (κ3) is 4.84. The fourth-order valence-electron chi connectivity index (χ4n) is 4.11. The van der Waals surface area contributed by atoms with E-state index in [1.54, 1.807) is 0 Å². The number of hydrogen-bond donors (Lipinski definition) is 2. The maximum absolute atomic E-state index is 10.9. The molecule has 1 saturated carbocycles. The van der Waals surface area contributed by atoms with Crippen molar-refractivity contribution in [1.29, 1.82) is 0 Å². The normalized spacial score (nSPS) is 27.7. The number of rotatable bonds is 5. The van der Waals surface area contributed by atoms with E-state index in [1.165, 1.54) is 19.3 Å². The number of aliphatic carboxylic acids is 1. The Morgan fingerprint density at radius 2 is 1.65 bits per heavy atom. The highest BCUT2D eigenvalue weighted by atomic mass is 32.2. The summed E-state index contributed by atoms with van der Waals surface area (Å²) >= 11 is 1.16. The Labute approximate surface area is 143 Å². The maximum Gasteiger partial charge on any atom is 0.343 e. The van der Waals surface area contributed by atoms with Gasteiger partial charge in [0.1, 0.15) is 0 Å². The Morgan fingerprint density at radius 1 is 1.13 bits per heavy atom. The van der Waals surface area contributed by atoms with Crippen LogP contribution in [0.15, 0.2) is 0 Å². The van der Waals surface area contributed by atoms with Crippen LogP contribution in [0.3, 0.4) is 0 Å². The molecular weight excluding hydrogens is 314 g/mol. The summed E-state index contributed by atoms with van der Waals surface area (Å²) in [6.45, 7) is 8.60. The first-order valence-electron chi connectivity index (χ1n) is 8.65. The standard InChI is InChI=1S/C17H31NO4S/c1-16(2)10-13(23-15(21)14(19)20)11-17(3,4)18(16)22-12-8-6-5-7-9-12/h12-13,15,21H,5-11H2,1-4H3,(H,19,20). The number of aliphatic hydroxyl groups excluding tert-OH is 1. The van der Waals surface area contributed by atoms with Gasteiger partial charge in [-0.05, 0) is 53.4 Å². The first-order valence-corrected chi connectivity index (χ1v) is 9.59. The molecule has 1 aliphatic heterocycles. The predicted molar refractivity (Wildman–Crippen MR) is 92.2 cm³/mol. The van der Waals surface area contributed by atoms with E-state index < -0.39 is 11.4 Å². The van der Waals surface area contributed by atoms with Gasteiger partial charge in [0.2, 0.25) is 0 Å². The Morgan fingerprint density at radius 3 is 2.13 bits per heavy atom. The number of nitrogens with zero attached hydrogens (tertiary/aromatic N) is 1. The number of carbonyl (C=O) groups is 1. The van der Waals surface area contributed by atoms with Crippen LogP contribution in [0.5, 0.6) is 0 Å². The summed E-state index contributed by atoms with van der Waals surface area (Å²) in [7, 11) is 0. The van der Waals surface area contributed by atoms with Gasteiger partial charge in [0, 0.05) is 16.3 Å². The second kappa shape index (κ2) is 7.30. The molecule has 0 aromatic rings. The first kappa shape index (κ1) is 19.0. The monoisotopic (exact) mass is 345 g/mol. The number of piperidine rings is 1. The van der Waals surface area contributed by atoms with Gasteiger partial charge < -0.3 is 10.2 Å². The highest BCUT2D eigenvalue weighted by molar-refractivity contribution is 8.01. The molecule has 0 amide bonds. The minimum absolute atomic E-state index is 0.109. The molecule has 6 heteroatoms. The van der Waals surface area contributed by atoms with Crippen molar-refractivity contribution in [3.8, 4) is 0 Å². The summed E-state index contributed by atoms with van der Waals surface area (Å²) in [4.78, 5) is 17.3. The number of thioether (sulfide) groups is 1. The number of hydroxylamine groups is 2. The van der Waals surface area contributed by atoms with E-state index in [-0.39, 0.29) is 16.3 Å². The molecule has 0 aromatic heterocycles. The van der Waals surface area contributed by atoms with Gasteiger partial charge in [-0.25, -0.2) is 4.79 Å². The second-order valence-corrected chi connectivity index (χ2v) is 9.53. The van der Waals surface area contributed by atoms with Crippen LogP contribution in [-0.4, -0.2) is 49.1 Å².